The molecule has 2 aromatic carbocycles. The van der Waals surface area contributed by atoms with Gasteiger partial charge in [-0.2, -0.15) is 0 Å². The van der Waals surface area contributed by atoms with Crippen molar-refractivity contribution in [3.63, 3.8) is 0 Å². The molecule has 0 saturated carbocycles. The Bertz CT molecular complexity index is 1170. The maximum atomic E-state index is 14.7. The van der Waals surface area contributed by atoms with E-state index in [4.69, 9.17) is 19.2 Å². The van der Waals surface area contributed by atoms with Crippen LogP contribution in [0.1, 0.15) is 62.7 Å². The van der Waals surface area contributed by atoms with Crippen molar-refractivity contribution in [1.82, 2.24) is 4.98 Å². The van der Waals surface area contributed by atoms with E-state index in [0.29, 0.717) is 18.8 Å². The normalized spacial score (nSPS) is 12.4. The second kappa shape index (κ2) is 13.2. The van der Waals surface area contributed by atoms with Crippen LogP contribution >= 0.6 is 11.3 Å². The van der Waals surface area contributed by atoms with Crippen LogP contribution in [0.15, 0.2) is 42.5 Å². The van der Waals surface area contributed by atoms with Crippen LogP contribution in [-0.2, 0) is 32.5 Å². The Labute approximate surface area is 224 Å². The van der Waals surface area contributed by atoms with Crippen molar-refractivity contribution >= 4 is 17.3 Å². The molecule has 3 rings (SSSR count). The van der Waals surface area contributed by atoms with Gasteiger partial charge in [0.25, 0.3) is 0 Å². The van der Waals surface area contributed by atoms with Gasteiger partial charge >= 0.3 is 5.97 Å². The number of rotatable bonds is 12. The molecule has 0 radical (unpaired) electrons. The maximum absolute atomic E-state index is 14.7. The van der Waals surface area contributed by atoms with E-state index in [1.165, 1.54) is 16.5 Å². The van der Waals surface area contributed by atoms with Gasteiger partial charge in [-0.15, -0.1) is 11.3 Å². The molecule has 0 bridgehead atoms. The van der Waals surface area contributed by atoms with Gasteiger partial charge in [0.1, 0.15) is 5.01 Å². The predicted molar refractivity (Wildman–Crippen MR) is 147 cm³/mol. The molecular weight excluding hydrogens is 489 g/mol. The van der Waals surface area contributed by atoms with Gasteiger partial charge < -0.3 is 14.2 Å². The third-order valence-electron chi connectivity index (χ3n) is 6.04. The van der Waals surface area contributed by atoms with E-state index in [2.05, 4.69) is 52.0 Å². The molecule has 3 aromatic rings. The Morgan fingerprint density at radius 2 is 1.81 bits per heavy atom. The number of aromatic nitrogens is 1. The highest BCUT2D eigenvalue weighted by atomic mass is 32.1. The fourth-order valence-corrected chi connectivity index (χ4v) is 4.93. The zero-order chi connectivity index (χ0) is 27.0. The third kappa shape index (κ3) is 8.11. The second-order valence-corrected chi connectivity index (χ2v) is 11.2. The first kappa shape index (κ1) is 28.8. The van der Waals surface area contributed by atoms with E-state index in [0.717, 1.165) is 29.1 Å². The number of halogens is 1. The molecule has 1 heterocycles. The Morgan fingerprint density at radius 3 is 2.43 bits per heavy atom. The van der Waals surface area contributed by atoms with Crippen molar-refractivity contribution < 1.29 is 23.4 Å². The fraction of sp³-hybridized carbons (Fsp3) is 0.467. The average Bonchev–Trinajstić information content (AvgIpc) is 3.22. The molecule has 7 heteroatoms. The molecule has 1 aromatic heterocycles. The first-order chi connectivity index (χ1) is 17.6. The minimum atomic E-state index is -0.751. The summed E-state index contributed by atoms with van der Waals surface area (Å²) in [5.41, 5.74) is 4.25. The van der Waals surface area contributed by atoms with Crippen molar-refractivity contribution in [2.75, 3.05) is 19.8 Å². The van der Waals surface area contributed by atoms with Crippen LogP contribution in [0.2, 0.25) is 0 Å². The average molecular weight is 528 g/mol. The minimum absolute atomic E-state index is 0.122. The highest BCUT2D eigenvalue weighted by Crippen LogP contribution is 2.31. The number of benzene rings is 2. The molecule has 0 aliphatic rings. The SMILES string of the molecule is CCOC(=O)C(Cc1ccc(OCCCc2nc(-c3ccc(C(C)(C)C)cc3)sc2C)c(F)c1)OCC. The van der Waals surface area contributed by atoms with Gasteiger partial charge in [0.2, 0.25) is 0 Å². The fourth-order valence-electron chi connectivity index (χ4n) is 3.97. The summed E-state index contributed by atoms with van der Waals surface area (Å²) in [4.78, 5) is 18.1. The van der Waals surface area contributed by atoms with E-state index in [1.54, 1.807) is 30.4 Å². The van der Waals surface area contributed by atoms with E-state index < -0.39 is 17.9 Å². The molecule has 5 nitrogen and oxygen atoms in total. The molecule has 0 N–H and O–H groups in total. The molecule has 37 heavy (non-hydrogen) atoms. The van der Waals surface area contributed by atoms with Crippen LogP contribution in [0.4, 0.5) is 4.39 Å². The highest BCUT2D eigenvalue weighted by molar-refractivity contribution is 7.15. The summed E-state index contributed by atoms with van der Waals surface area (Å²) in [7, 11) is 0. The molecule has 1 atom stereocenters. The van der Waals surface area contributed by atoms with Gasteiger partial charge in [-0.1, -0.05) is 51.1 Å². The number of ether oxygens (including phenoxy) is 3. The number of aryl methyl sites for hydroxylation is 2. The van der Waals surface area contributed by atoms with E-state index >= 15 is 0 Å². The van der Waals surface area contributed by atoms with Crippen LogP contribution in [-0.4, -0.2) is 36.9 Å². The summed E-state index contributed by atoms with van der Waals surface area (Å²) >= 11 is 1.70. The molecule has 0 aliphatic carbocycles. The van der Waals surface area contributed by atoms with Crippen molar-refractivity contribution in [3.8, 4) is 16.3 Å². The second-order valence-electron chi connectivity index (χ2n) is 9.97. The lowest BCUT2D eigenvalue weighted by Gasteiger charge is -2.18. The minimum Gasteiger partial charge on any atom is -0.491 e. The van der Waals surface area contributed by atoms with E-state index in [-0.39, 0.29) is 24.2 Å². The molecule has 0 spiro atoms. The highest BCUT2D eigenvalue weighted by Gasteiger charge is 2.21. The largest absolute Gasteiger partial charge is 0.491 e. The standard InChI is InChI=1S/C30H38FNO4S/c1-7-34-27(29(33)35-8-2)19-21-11-16-26(24(31)18-21)36-17-9-10-25-20(3)37-28(32-25)22-12-14-23(15-13-22)30(4,5)6/h11-16,18,27H,7-10,17,19H2,1-6H3. The van der Waals surface area contributed by atoms with E-state index in [1.807, 2.05) is 6.92 Å². The molecule has 0 aliphatic heterocycles. The number of esters is 1. The number of thiazole rings is 1. The monoisotopic (exact) mass is 527 g/mol. The van der Waals surface area contributed by atoms with Gasteiger partial charge in [0.05, 0.1) is 18.9 Å². The van der Waals surface area contributed by atoms with Crippen molar-refractivity contribution in [2.45, 2.75) is 72.3 Å². The molecule has 0 amide bonds. The Morgan fingerprint density at radius 1 is 1.08 bits per heavy atom. The zero-order valence-electron chi connectivity index (χ0n) is 22.7. The quantitative estimate of drug-likeness (QED) is 0.186. The van der Waals surface area contributed by atoms with Gasteiger partial charge in [0.15, 0.2) is 17.7 Å². The summed E-state index contributed by atoms with van der Waals surface area (Å²) in [5, 5.41) is 1.02. The smallest absolute Gasteiger partial charge is 0.335 e. The lowest BCUT2D eigenvalue weighted by atomic mass is 9.87. The van der Waals surface area contributed by atoms with Gasteiger partial charge in [-0.3, -0.25) is 0 Å². The Balaban J connectivity index is 1.53. The van der Waals surface area contributed by atoms with Gasteiger partial charge in [-0.25, -0.2) is 14.2 Å². The Hall–Kier alpha value is -2.77. The maximum Gasteiger partial charge on any atom is 0.335 e. The van der Waals surface area contributed by atoms with Crippen LogP contribution in [0, 0.1) is 12.7 Å². The summed E-state index contributed by atoms with van der Waals surface area (Å²) in [6.07, 6.45) is 0.980. The van der Waals surface area contributed by atoms with Crippen molar-refractivity contribution in [2.24, 2.45) is 0 Å². The van der Waals surface area contributed by atoms with Crippen LogP contribution in [0.25, 0.3) is 10.6 Å². The number of carbonyl (C=O) groups is 1. The van der Waals surface area contributed by atoms with Crippen molar-refractivity contribution in [1.29, 1.82) is 0 Å². The Kier molecular flexibility index (Phi) is 10.2. The summed E-state index contributed by atoms with van der Waals surface area (Å²) in [5.74, 6) is -0.697. The number of hydrogen-bond donors (Lipinski definition) is 0. The van der Waals surface area contributed by atoms with Crippen LogP contribution in [0.3, 0.4) is 0 Å². The number of nitrogens with zero attached hydrogens (tertiary/aromatic N) is 1. The predicted octanol–water partition coefficient (Wildman–Crippen LogP) is 7.08. The van der Waals surface area contributed by atoms with Crippen LogP contribution < -0.4 is 4.74 Å². The first-order valence-electron chi connectivity index (χ1n) is 12.9. The molecule has 0 fully saturated rings. The number of carbonyl (C=O) groups excluding carboxylic acids is 1. The first-order valence-corrected chi connectivity index (χ1v) is 13.7. The van der Waals surface area contributed by atoms with Crippen LogP contribution in [0.5, 0.6) is 5.75 Å². The molecule has 1 unspecified atom stereocenters. The summed E-state index contributed by atoms with van der Waals surface area (Å²) in [6.45, 7) is 13.3. The van der Waals surface area contributed by atoms with Gasteiger partial charge in [-0.05, 0) is 62.3 Å². The summed E-state index contributed by atoms with van der Waals surface area (Å²) < 4.78 is 30.9. The topological polar surface area (TPSA) is 57.7 Å². The summed E-state index contributed by atoms with van der Waals surface area (Å²) in [6, 6.07) is 13.4. The molecule has 0 saturated heterocycles. The zero-order valence-corrected chi connectivity index (χ0v) is 23.5. The molecule has 200 valence electrons. The lowest BCUT2D eigenvalue weighted by molar-refractivity contribution is -0.156. The third-order valence-corrected chi connectivity index (χ3v) is 7.10. The van der Waals surface area contributed by atoms with Gasteiger partial charge in [0, 0.05) is 23.5 Å². The molecular formula is C30H38FNO4S. The van der Waals surface area contributed by atoms with Crippen molar-refractivity contribution in [3.05, 3.63) is 70.0 Å². The number of hydrogen-bond acceptors (Lipinski definition) is 6. The lowest BCUT2D eigenvalue weighted by Crippen LogP contribution is -2.29. The van der Waals surface area contributed by atoms with E-state index in [9.17, 15) is 9.18 Å².